The van der Waals surface area contributed by atoms with Crippen LogP contribution < -0.4 is 5.32 Å². The molecule has 2 fully saturated rings. The molecule has 1 aromatic carbocycles. The first-order chi connectivity index (χ1) is 9.70. The average molecular weight is 290 g/mol. The van der Waals surface area contributed by atoms with Crippen LogP contribution >= 0.6 is 11.3 Å². The third-order valence-electron chi connectivity index (χ3n) is 4.37. The van der Waals surface area contributed by atoms with Gasteiger partial charge in [-0.1, -0.05) is 0 Å². The van der Waals surface area contributed by atoms with Crippen molar-refractivity contribution in [3.8, 4) is 0 Å². The summed E-state index contributed by atoms with van der Waals surface area (Å²) in [4.78, 5) is 15.2. The second-order valence-electron chi connectivity index (χ2n) is 5.68. The first-order valence-electron chi connectivity index (χ1n) is 6.90. The lowest BCUT2D eigenvalue weighted by Gasteiger charge is -2.16. The van der Waals surface area contributed by atoms with Gasteiger partial charge >= 0.3 is 0 Å². The third-order valence-corrected chi connectivity index (χ3v) is 5.47. The monoisotopic (exact) mass is 290 g/mol. The fourth-order valence-electron chi connectivity index (χ4n) is 3.30. The molecule has 1 amide bonds. The number of fused-ring (bicyclic) bond motifs is 2. The number of halogens is 1. The van der Waals surface area contributed by atoms with Crippen molar-refractivity contribution in [2.24, 2.45) is 11.8 Å². The predicted octanol–water partition coefficient (Wildman–Crippen LogP) is 2.33. The van der Waals surface area contributed by atoms with Crippen LogP contribution in [0.2, 0.25) is 0 Å². The summed E-state index contributed by atoms with van der Waals surface area (Å²) < 4.78 is 14.2. The zero-order valence-electron chi connectivity index (χ0n) is 10.9. The van der Waals surface area contributed by atoms with Crippen molar-refractivity contribution < 1.29 is 9.18 Å². The molecule has 2 aliphatic rings. The minimum Gasteiger partial charge on any atom is -0.337 e. The highest BCUT2D eigenvalue weighted by molar-refractivity contribution is 7.20. The Morgan fingerprint density at radius 1 is 1.25 bits per heavy atom. The van der Waals surface area contributed by atoms with E-state index < -0.39 is 0 Å². The number of carbonyl (C=O) groups is 1. The number of hydrogen-bond donors (Lipinski definition) is 1. The van der Waals surface area contributed by atoms with Gasteiger partial charge in [0.2, 0.25) is 0 Å². The van der Waals surface area contributed by atoms with E-state index in [1.54, 1.807) is 6.07 Å². The molecule has 4 rings (SSSR count). The number of nitrogens with zero attached hydrogens (tertiary/aromatic N) is 1. The third kappa shape index (κ3) is 1.93. The van der Waals surface area contributed by atoms with Gasteiger partial charge in [-0.15, -0.1) is 11.3 Å². The van der Waals surface area contributed by atoms with Crippen LogP contribution in [0.4, 0.5) is 4.39 Å². The topological polar surface area (TPSA) is 32.3 Å². The molecule has 20 heavy (non-hydrogen) atoms. The van der Waals surface area contributed by atoms with Crippen LogP contribution in [0.25, 0.3) is 10.1 Å². The van der Waals surface area contributed by atoms with Crippen LogP contribution in [0.5, 0.6) is 0 Å². The van der Waals surface area contributed by atoms with Gasteiger partial charge in [-0.05, 0) is 41.5 Å². The highest BCUT2D eigenvalue weighted by atomic mass is 32.1. The number of carbonyl (C=O) groups excluding carboxylic acids is 1. The van der Waals surface area contributed by atoms with E-state index in [1.165, 1.54) is 23.5 Å². The average Bonchev–Trinajstić information content (AvgIpc) is 3.10. The molecule has 3 nitrogen and oxygen atoms in total. The highest BCUT2D eigenvalue weighted by Crippen LogP contribution is 2.31. The first-order valence-corrected chi connectivity index (χ1v) is 7.71. The smallest absolute Gasteiger partial charge is 0.263 e. The van der Waals surface area contributed by atoms with Gasteiger partial charge in [0.1, 0.15) is 5.82 Å². The van der Waals surface area contributed by atoms with Gasteiger partial charge in [0.05, 0.1) is 4.88 Å². The lowest BCUT2D eigenvalue weighted by molar-refractivity contribution is 0.0786. The van der Waals surface area contributed by atoms with Gasteiger partial charge in [-0.25, -0.2) is 4.39 Å². The SMILES string of the molecule is O=C(c1cc2cc(F)ccc2s1)N1C[C@H]2CNC[C@H]2C1. The fourth-order valence-corrected chi connectivity index (χ4v) is 4.31. The van der Waals surface area contributed by atoms with Gasteiger partial charge in [-0.3, -0.25) is 4.79 Å². The molecule has 0 bridgehead atoms. The Balaban J connectivity index is 1.61. The summed E-state index contributed by atoms with van der Waals surface area (Å²) in [6, 6.07) is 6.50. The summed E-state index contributed by atoms with van der Waals surface area (Å²) in [6.07, 6.45) is 0. The van der Waals surface area contributed by atoms with Crippen molar-refractivity contribution in [3.05, 3.63) is 35.0 Å². The quantitative estimate of drug-likeness (QED) is 0.874. The standard InChI is InChI=1S/C15H15FN2OS/c16-12-1-2-13-9(3-12)4-14(20-13)15(19)18-7-10-5-17-6-11(10)8-18/h1-4,10-11,17H,5-8H2/t10-,11+. The molecule has 104 valence electrons. The number of nitrogens with one attached hydrogen (secondary N) is 1. The van der Waals surface area contributed by atoms with Crippen molar-refractivity contribution in [2.75, 3.05) is 26.2 Å². The van der Waals surface area contributed by atoms with Crippen molar-refractivity contribution in [3.63, 3.8) is 0 Å². The lowest BCUT2D eigenvalue weighted by atomic mass is 10.0. The number of thiophene rings is 1. The van der Waals surface area contributed by atoms with Crippen molar-refractivity contribution in [1.82, 2.24) is 10.2 Å². The molecule has 0 saturated carbocycles. The summed E-state index contributed by atoms with van der Waals surface area (Å²) >= 11 is 1.46. The van der Waals surface area contributed by atoms with Crippen molar-refractivity contribution >= 4 is 27.3 Å². The minimum atomic E-state index is -0.254. The summed E-state index contributed by atoms with van der Waals surface area (Å²) in [5.74, 6) is 1.05. The molecule has 2 aliphatic heterocycles. The molecule has 0 spiro atoms. The fraction of sp³-hybridized carbons (Fsp3) is 0.400. The Bertz CT molecular complexity index is 672. The van der Waals surface area contributed by atoms with Crippen LogP contribution in [0.15, 0.2) is 24.3 Å². The molecule has 2 saturated heterocycles. The molecular formula is C15H15FN2OS. The van der Waals surface area contributed by atoms with E-state index in [9.17, 15) is 9.18 Å². The van der Waals surface area contributed by atoms with Crippen molar-refractivity contribution in [2.45, 2.75) is 0 Å². The summed E-state index contributed by atoms with van der Waals surface area (Å²) in [5, 5.41) is 4.19. The molecule has 3 heterocycles. The second kappa shape index (κ2) is 4.53. The first kappa shape index (κ1) is 12.3. The zero-order valence-corrected chi connectivity index (χ0v) is 11.8. The molecule has 2 atom stereocenters. The number of benzene rings is 1. The molecular weight excluding hydrogens is 275 g/mol. The molecule has 1 N–H and O–H groups in total. The van der Waals surface area contributed by atoms with Gasteiger partial charge in [0.25, 0.3) is 5.91 Å². The summed E-state index contributed by atoms with van der Waals surface area (Å²) in [5.41, 5.74) is 0. The Kier molecular flexibility index (Phi) is 2.79. The second-order valence-corrected chi connectivity index (χ2v) is 6.77. The summed E-state index contributed by atoms with van der Waals surface area (Å²) in [7, 11) is 0. The molecule has 1 aromatic heterocycles. The molecule has 0 radical (unpaired) electrons. The van der Waals surface area contributed by atoms with Crippen LogP contribution in [0.1, 0.15) is 9.67 Å². The van der Waals surface area contributed by atoms with Gasteiger partial charge in [0, 0.05) is 30.9 Å². The number of rotatable bonds is 1. The Hall–Kier alpha value is -1.46. The zero-order chi connectivity index (χ0) is 13.7. The Morgan fingerprint density at radius 2 is 2.00 bits per heavy atom. The Labute approximate surface area is 120 Å². The van der Waals surface area contributed by atoms with E-state index in [4.69, 9.17) is 0 Å². The largest absolute Gasteiger partial charge is 0.337 e. The van der Waals surface area contributed by atoms with E-state index in [-0.39, 0.29) is 11.7 Å². The number of hydrogen-bond acceptors (Lipinski definition) is 3. The lowest BCUT2D eigenvalue weighted by Crippen LogP contribution is -2.31. The van der Waals surface area contributed by atoms with E-state index in [0.717, 1.165) is 41.1 Å². The van der Waals surface area contributed by atoms with Crippen LogP contribution in [0, 0.1) is 17.7 Å². The normalized spacial score (nSPS) is 25.4. The Morgan fingerprint density at radius 3 is 2.75 bits per heavy atom. The van der Waals surface area contributed by atoms with Crippen molar-refractivity contribution in [1.29, 1.82) is 0 Å². The van der Waals surface area contributed by atoms with Crippen LogP contribution in [0.3, 0.4) is 0 Å². The van der Waals surface area contributed by atoms with Gasteiger partial charge < -0.3 is 10.2 Å². The maximum absolute atomic E-state index is 13.2. The van der Waals surface area contributed by atoms with Crippen LogP contribution in [-0.4, -0.2) is 37.0 Å². The van der Waals surface area contributed by atoms with Crippen LogP contribution in [-0.2, 0) is 0 Å². The highest BCUT2D eigenvalue weighted by Gasteiger charge is 2.38. The van der Waals surface area contributed by atoms with E-state index in [1.807, 2.05) is 11.0 Å². The molecule has 2 aromatic rings. The maximum atomic E-state index is 13.2. The van der Waals surface area contributed by atoms with E-state index in [0.29, 0.717) is 11.8 Å². The minimum absolute atomic E-state index is 0.0982. The summed E-state index contributed by atoms with van der Waals surface area (Å²) in [6.45, 7) is 3.73. The molecule has 0 unspecified atom stereocenters. The van der Waals surface area contributed by atoms with E-state index >= 15 is 0 Å². The molecule has 0 aliphatic carbocycles. The van der Waals surface area contributed by atoms with E-state index in [2.05, 4.69) is 5.32 Å². The number of likely N-dealkylation sites (tertiary alicyclic amines) is 1. The maximum Gasteiger partial charge on any atom is 0.263 e. The van der Waals surface area contributed by atoms with Gasteiger partial charge in [0.15, 0.2) is 0 Å². The predicted molar refractivity (Wildman–Crippen MR) is 77.5 cm³/mol. The number of amides is 1. The van der Waals surface area contributed by atoms with Gasteiger partial charge in [-0.2, -0.15) is 0 Å². The molecule has 5 heteroatoms.